The monoisotopic (exact) mass is 500 g/mol. The van der Waals surface area contributed by atoms with Gasteiger partial charge >= 0.3 is 0 Å². The summed E-state index contributed by atoms with van der Waals surface area (Å²) in [6.45, 7) is 4.12. The molecule has 0 aromatic heterocycles. The van der Waals surface area contributed by atoms with Crippen molar-refractivity contribution in [3.63, 3.8) is 0 Å². The quantitative estimate of drug-likeness (QED) is 0.340. The highest BCUT2D eigenvalue weighted by Gasteiger charge is 2.13. The summed E-state index contributed by atoms with van der Waals surface area (Å²) in [7, 11) is 0. The van der Waals surface area contributed by atoms with Crippen LogP contribution in [0.1, 0.15) is 48.4 Å². The van der Waals surface area contributed by atoms with Crippen molar-refractivity contribution in [1.29, 1.82) is 0 Å². The van der Waals surface area contributed by atoms with E-state index in [0.29, 0.717) is 35.8 Å². The number of hydrogen-bond donors (Lipinski definition) is 1. The number of hydrogen-bond acceptors (Lipinski definition) is 3. The van der Waals surface area contributed by atoms with Crippen LogP contribution < -0.4 is 4.74 Å². The largest absolute Gasteiger partial charge is 0.508 e. The molecule has 0 unspecified atom stereocenters. The summed E-state index contributed by atoms with van der Waals surface area (Å²) in [6.07, 6.45) is 1.77. The van der Waals surface area contributed by atoms with Gasteiger partial charge in [0.15, 0.2) is 5.78 Å². The minimum absolute atomic E-state index is 0.0185. The molecular weight excluding hydrogens is 476 g/mol. The van der Waals surface area contributed by atoms with Crippen molar-refractivity contribution in [3.8, 4) is 11.5 Å². The van der Waals surface area contributed by atoms with Gasteiger partial charge in [0, 0.05) is 22.3 Å². The fourth-order valence-corrected chi connectivity index (χ4v) is 4.35. The maximum absolute atomic E-state index is 12.2. The number of rotatable bonds is 9. The molecule has 0 saturated carbocycles. The van der Waals surface area contributed by atoms with E-state index in [4.69, 9.17) is 16.3 Å². The lowest BCUT2D eigenvalue weighted by molar-refractivity contribution is -0.121. The van der Waals surface area contributed by atoms with E-state index in [-0.39, 0.29) is 18.3 Å². The predicted octanol–water partition coefficient (Wildman–Crippen LogP) is 7.10. The Hall–Kier alpha value is -2.30. The second-order valence-electron chi connectivity index (χ2n) is 7.90. The minimum Gasteiger partial charge on any atom is -0.508 e. The molecule has 0 aliphatic heterocycles. The first kappa shape index (κ1) is 23.4. The standard InChI is InChI=1S/C26H26BrClO3/c1-17(2)22-12-19(9-11-26(22)30)13-23-24(27)14-21(15-25(23)28)31-16-20(29)10-8-18-6-4-3-5-7-18/h3-7,9,11-12,14-15,17,30H,8,10,13,16H2,1-2H3. The van der Waals surface area contributed by atoms with Gasteiger partial charge in [0.2, 0.25) is 0 Å². The summed E-state index contributed by atoms with van der Waals surface area (Å²) in [5.41, 5.74) is 4.05. The molecule has 0 aliphatic carbocycles. The van der Waals surface area contributed by atoms with E-state index >= 15 is 0 Å². The van der Waals surface area contributed by atoms with Crippen LogP contribution in [0.4, 0.5) is 0 Å². The normalized spacial score (nSPS) is 11.0. The molecule has 3 aromatic rings. The first-order valence-corrected chi connectivity index (χ1v) is 11.5. The molecule has 3 nitrogen and oxygen atoms in total. The Morgan fingerprint density at radius 2 is 1.81 bits per heavy atom. The Morgan fingerprint density at radius 1 is 1.06 bits per heavy atom. The summed E-state index contributed by atoms with van der Waals surface area (Å²) in [4.78, 5) is 12.2. The van der Waals surface area contributed by atoms with Crippen LogP contribution in [-0.2, 0) is 17.6 Å². The van der Waals surface area contributed by atoms with Crippen molar-refractivity contribution in [2.75, 3.05) is 6.61 Å². The first-order valence-electron chi connectivity index (χ1n) is 10.3. The van der Waals surface area contributed by atoms with E-state index in [9.17, 15) is 9.90 Å². The number of Topliss-reactive ketones (excluding diaryl/α,β-unsaturated/α-hetero) is 1. The van der Waals surface area contributed by atoms with Gasteiger partial charge in [-0.15, -0.1) is 0 Å². The number of aryl methyl sites for hydroxylation is 1. The second kappa shape index (κ2) is 10.8. The van der Waals surface area contributed by atoms with E-state index in [1.54, 1.807) is 12.1 Å². The van der Waals surface area contributed by atoms with Crippen molar-refractivity contribution < 1.29 is 14.6 Å². The molecule has 1 N–H and O–H groups in total. The summed E-state index contributed by atoms with van der Waals surface area (Å²) >= 11 is 10.1. The molecule has 5 heteroatoms. The highest BCUT2D eigenvalue weighted by molar-refractivity contribution is 9.10. The van der Waals surface area contributed by atoms with Gasteiger partial charge in [-0.05, 0) is 52.8 Å². The lowest BCUT2D eigenvalue weighted by Gasteiger charge is -2.14. The number of ether oxygens (including phenoxy) is 1. The number of phenolic OH excluding ortho intramolecular Hbond substituents is 1. The summed E-state index contributed by atoms with van der Waals surface area (Å²) in [6, 6.07) is 19.2. The second-order valence-corrected chi connectivity index (χ2v) is 9.16. The van der Waals surface area contributed by atoms with E-state index in [0.717, 1.165) is 26.7 Å². The summed E-state index contributed by atoms with van der Waals surface area (Å²) in [5.74, 6) is 1.14. The highest BCUT2D eigenvalue weighted by atomic mass is 79.9. The molecule has 0 fully saturated rings. The third-order valence-electron chi connectivity index (χ3n) is 5.14. The number of halogens is 2. The molecule has 0 bridgehead atoms. The fraction of sp³-hybridized carbons (Fsp3) is 0.269. The number of ketones is 1. The smallest absolute Gasteiger partial charge is 0.170 e. The van der Waals surface area contributed by atoms with Crippen LogP contribution in [0.5, 0.6) is 11.5 Å². The topological polar surface area (TPSA) is 46.5 Å². The van der Waals surface area contributed by atoms with E-state index in [2.05, 4.69) is 29.8 Å². The van der Waals surface area contributed by atoms with Crippen molar-refractivity contribution in [1.82, 2.24) is 0 Å². The van der Waals surface area contributed by atoms with E-state index in [1.807, 2.05) is 48.5 Å². The lowest BCUT2D eigenvalue weighted by Crippen LogP contribution is -2.12. The van der Waals surface area contributed by atoms with Gasteiger partial charge in [-0.2, -0.15) is 0 Å². The van der Waals surface area contributed by atoms with Gasteiger partial charge in [0.25, 0.3) is 0 Å². The molecule has 0 spiro atoms. The molecular formula is C26H26BrClO3. The van der Waals surface area contributed by atoms with Crippen LogP contribution >= 0.6 is 27.5 Å². The van der Waals surface area contributed by atoms with Crippen LogP contribution in [0, 0.1) is 0 Å². The van der Waals surface area contributed by atoms with Crippen molar-refractivity contribution in [2.24, 2.45) is 0 Å². The van der Waals surface area contributed by atoms with E-state index in [1.165, 1.54) is 0 Å². The van der Waals surface area contributed by atoms with Gasteiger partial charge in [-0.3, -0.25) is 4.79 Å². The molecule has 3 aromatic carbocycles. The number of phenols is 1. The Bertz CT molecular complexity index is 1020. The zero-order valence-electron chi connectivity index (χ0n) is 17.7. The van der Waals surface area contributed by atoms with Gasteiger partial charge < -0.3 is 9.84 Å². The number of aromatic hydroxyl groups is 1. The molecule has 0 saturated heterocycles. The molecule has 3 rings (SSSR count). The van der Waals surface area contributed by atoms with Crippen LogP contribution in [0.2, 0.25) is 5.02 Å². The number of carbonyl (C=O) groups is 1. The van der Waals surface area contributed by atoms with Crippen LogP contribution in [0.3, 0.4) is 0 Å². The Morgan fingerprint density at radius 3 is 2.48 bits per heavy atom. The maximum atomic E-state index is 12.2. The third kappa shape index (κ3) is 6.59. The highest BCUT2D eigenvalue weighted by Crippen LogP contribution is 2.34. The molecule has 0 radical (unpaired) electrons. The minimum atomic E-state index is 0.0185. The third-order valence-corrected chi connectivity index (χ3v) is 6.19. The van der Waals surface area contributed by atoms with Crippen molar-refractivity contribution in [2.45, 2.75) is 39.0 Å². The Kier molecular flexibility index (Phi) is 8.16. The van der Waals surface area contributed by atoms with Crippen LogP contribution in [0.25, 0.3) is 0 Å². The van der Waals surface area contributed by atoms with Crippen molar-refractivity contribution >= 4 is 33.3 Å². The SMILES string of the molecule is CC(C)c1cc(Cc2c(Cl)cc(OCC(=O)CCc3ccccc3)cc2Br)ccc1O. The zero-order chi connectivity index (χ0) is 22.4. The summed E-state index contributed by atoms with van der Waals surface area (Å²) < 4.78 is 6.52. The Labute approximate surface area is 197 Å². The molecule has 0 aliphatic rings. The van der Waals surface area contributed by atoms with Gasteiger partial charge in [0.1, 0.15) is 18.1 Å². The maximum Gasteiger partial charge on any atom is 0.170 e. The number of carbonyl (C=O) groups excluding carboxylic acids is 1. The fourth-order valence-electron chi connectivity index (χ4n) is 3.38. The average molecular weight is 502 g/mol. The average Bonchev–Trinajstić information content (AvgIpc) is 2.75. The molecule has 0 amide bonds. The number of benzene rings is 3. The predicted molar refractivity (Wildman–Crippen MR) is 129 cm³/mol. The molecule has 0 heterocycles. The van der Waals surface area contributed by atoms with Crippen molar-refractivity contribution in [3.05, 3.63) is 92.4 Å². The van der Waals surface area contributed by atoms with Gasteiger partial charge in [-0.25, -0.2) is 0 Å². The first-order chi connectivity index (χ1) is 14.8. The molecule has 0 atom stereocenters. The molecule has 31 heavy (non-hydrogen) atoms. The molecule has 162 valence electrons. The summed E-state index contributed by atoms with van der Waals surface area (Å²) in [5, 5.41) is 10.6. The van der Waals surface area contributed by atoms with E-state index < -0.39 is 0 Å². The lowest BCUT2D eigenvalue weighted by atomic mass is 9.96. The Balaban J connectivity index is 1.62. The van der Waals surface area contributed by atoms with Crippen LogP contribution in [0.15, 0.2) is 65.1 Å². The van der Waals surface area contributed by atoms with Gasteiger partial charge in [0.05, 0.1) is 0 Å². The van der Waals surface area contributed by atoms with Crippen LogP contribution in [-0.4, -0.2) is 17.5 Å². The zero-order valence-corrected chi connectivity index (χ0v) is 20.0. The van der Waals surface area contributed by atoms with Gasteiger partial charge in [-0.1, -0.05) is 83.8 Å².